The third-order valence-electron chi connectivity index (χ3n) is 8.28. The van der Waals surface area contributed by atoms with E-state index in [9.17, 15) is 5.11 Å². The SMILES string of the molecule is COc1nc2ccc(C(O)(c3cnc(C)n3C)c3cnc(C)n3C)cc2c(Cl)c1CNC1CCCC(C)C1. The first kappa shape index (κ1) is 26.7. The van der Waals surface area contributed by atoms with E-state index in [1.54, 1.807) is 19.5 Å². The van der Waals surface area contributed by atoms with Gasteiger partial charge < -0.3 is 24.3 Å². The highest BCUT2D eigenvalue weighted by Crippen LogP contribution is 2.40. The lowest BCUT2D eigenvalue weighted by Crippen LogP contribution is -2.34. The fourth-order valence-electron chi connectivity index (χ4n) is 5.76. The van der Waals surface area contributed by atoms with E-state index in [0.717, 1.165) is 41.4 Å². The van der Waals surface area contributed by atoms with Crippen molar-refractivity contribution >= 4 is 22.5 Å². The van der Waals surface area contributed by atoms with Crippen LogP contribution in [-0.4, -0.2) is 42.3 Å². The number of halogens is 1. The molecule has 0 spiro atoms. The zero-order chi connectivity index (χ0) is 27.2. The monoisotopic (exact) mass is 536 g/mol. The van der Waals surface area contributed by atoms with Gasteiger partial charge in [-0.15, -0.1) is 0 Å². The van der Waals surface area contributed by atoms with Crippen LogP contribution in [0.4, 0.5) is 0 Å². The predicted molar refractivity (Wildman–Crippen MR) is 150 cm³/mol. The number of aryl methyl sites for hydroxylation is 2. The van der Waals surface area contributed by atoms with Gasteiger partial charge in [-0.3, -0.25) is 0 Å². The molecule has 3 heterocycles. The van der Waals surface area contributed by atoms with Crippen molar-refractivity contribution in [2.75, 3.05) is 7.11 Å². The first-order chi connectivity index (χ1) is 18.1. The number of ether oxygens (including phenoxy) is 1. The Morgan fingerprint density at radius 1 is 1.11 bits per heavy atom. The molecule has 2 N–H and O–H groups in total. The molecule has 4 aromatic rings. The Kier molecular flexibility index (Phi) is 7.24. The standard InChI is InChI=1S/C29H37ClN6O2/c1-17-8-7-9-21(12-17)33-14-23-27(30)22-13-20(10-11-24(22)34-28(23)38-6)29(37,25-15-31-18(2)35(25)4)26-16-32-19(3)36(26)5/h10-11,13,15-17,21,33,37H,7-9,12,14H2,1-6H3. The van der Waals surface area contributed by atoms with Crippen LogP contribution in [0.25, 0.3) is 10.9 Å². The molecule has 1 saturated carbocycles. The molecule has 202 valence electrons. The minimum atomic E-state index is -1.51. The lowest BCUT2D eigenvalue weighted by molar-refractivity contribution is 0.109. The highest BCUT2D eigenvalue weighted by atomic mass is 35.5. The van der Waals surface area contributed by atoms with E-state index in [-0.39, 0.29) is 0 Å². The molecule has 1 aliphatic carbocycles. The fourth-order valence-corrected chi connectivity index (χ4v) is 6.06. The number of benzene rings is 1. The van der Waals surface area contributed by atoms with Crippen LogP contribution < -0.4 is 10.1 Å². The molecule has 1 fully saturated rings. The van der Waals surface area contributed by atoms with Crippen molar-refractivity contribution in [3.63, 3.8) is 0 Å². The number of hydrogen-bond donors (Lipinski definition) is 2. The van der Waals surface area contributed by atoms with Crippen LogP contribution in [0.1, 0.15) is 66.8 Å². The zero-order valence-corrected chi connectivity index (χ0v) is 23.8. The van der Waals surface area contributed by atoms with Crippen LogP contribution in [-0.2, 0) is 26.2 Å². The molecule has 5 rings (SSSR count). The highest BCUT2D eigenvalue weighted by molar-refractivity contribution is 6.36. The fraction of sp³-hybridized carbons (Fsp3) is 0.483. The smallest absolute Gasteiger partial charge is 0.219 e. The maximum atomic E-state index is 12.5. The molecule has 8 nitrogen and oxygen atoms in total. The van der Waals surface area contributed by atoms with Crippen LogP contribution in [0, 0.1) is 19.8 Å². The van der Waals surface area contributed by atoms with Crippen molar-refractivity contribution in [3.8, 4) is 5.88 Å². The molecule has 1 aliphatic rings. The summed E-state index contributed by atoms with van der Waals surface area (Å²) in [6.45, 7) is 6.71. The van der Waals surface area contributed by atoms with E-state index < -0.39 is 5.60 Å². The number of methoxy groups -OCH3 is 1. The Bertz CT molecular complexity index is 1430. The number of nitrogens with one attached hydrogen (secondary N) is 1. The number of fused-ring (bicyclic) bond motifs is 1. The van der Waals surface area contributed by atoms with E-state index in [1.807, 2.05) is 55.3 Å². The van der Waals surface area contributed by atoms with Gasteiger partial charge in [-0.1, -0.05) is 37.4 Å². The molecule has 0 aliphatic heterocycles. The van der Waals surface area contributed by atoms with E-state index in [1.165, 1.54) is 12.8 Å². The zero-order valence-electron chi connectivity index (χ0n) is 23.0. The Morgan fingerprint density at radius 2 is 1.76 bits per heavy atom. The third kappa shape index (κ3) is 4.48. The number of rotatable bonds is 7. The van der Waals surface area contributed by atoms with Gasteiger partial charge in [0.2, 0.25) is 5.88 Å². The number of aliphatic hydroxyl groups is 1. The Hall–Kier alpha value is -2.94. The molecule has 9 heteroatoms. The minimum Gasteiger partial charge on any atom is -0.481 e. The van der Waals surface area contributed by atoms with Crippen LogP contribution in [0.2, 0.25) is 5.02 Å². The largest absolute Gasteiger partial charge is 0.481 e. The molecule has 0 radical (unpaired) electrons. The van der Waals surface area contributed by atoms with Gasteiger partial charge in [-0.25, -0.2) is 15.0 Å². The molecule has 0 amide bonds. The number of imidazole rings is 2. The maximum Gasteiger partial charge on any atom is 0.219 e. The van der Waals surface area contributed by atoms with E-state index in [2.05, 4.69) is 22.2 Å². The first-order valence-corrected chi connectivity index (χ1v) is 13.6. The summed E-state index contributed by atoms with van der Waals surface area (Å²) in [6, 6.07) is 6.15. The van der Waals surface area contributed by atoms with Gasteiger partial charge in [0.15, 0.2) is 5.60 Å². The van der Waals surface area contributed by atoms with Crippen LogP contribution in [0.5, 0.6) is 5.88 Å². The topological polar surface area (TPSA) is 90.0 Å². The van der Waals surface area contributed by atoms with Crippen molar-refractivity contribution in [3.05, 3.63) is 69.8 Å². The van der Waals surface area contributed by atoms with Gasteiger partial charge in [0.1, 0.15) is 11.6 Å². The normalized spacial score (nSPS) is 18.3. The summed E-state index contributed by atoms with van der Waals surface area (Å²) in [5.41, 5.74) is 1.96. The minimum absolute atomic E-state index is 0.452. The van der Waals surface area contributed by atoms with Crippen LogP contribution >= 0.6 is 11.6 Å². The number of aromatic nitrogens is 5. The average Bonchev–Trinajstić information content (AvgIpc) is 3.43. The van der Waals surface area contributed by atoms with E-state index in [0.29, 0.717) is 46.0 Å². The van der Waals surface area contributed by atoms with Crippen molar-refractivity contribution in [2.45, 2.75) is 64.6 Å². The van der Waals surface area contributed by atoms with Crippen molar-refractivity contribution in [2.24, 2.45) is 20.0 Å². The number of pyridine rings is 1. The maximum absolute atomic E-state index is 12.5. The van der Waals surface area contributed by atoms with Crippen molar-refractivity contribution in [1.82, 2.24) is 29.4 Å². The Labute approximate surface area is 229 Å². The summed E-state index contributed by atoms with van der Waals surface area (Å²) in [5, 5.41) is 17.5. The average molecular weight is 537 g/mol. The molecular formula is C29H37ClN6O2. The van der Waals surface area contributed by atoms with Crippen molar-refractivity contribution in [1.29, 1.82) is 0 Å². The Morgan fingerprint density at radius 3 is 2.32 bits per heavy atom. The van der Waals surface area contributed by atoms with Crippen LogP contribution in [0.3, 0.4) is 0 Å². The van der Waals surface area contributed by atoms with Gasteiger partial charge in [-0.05, 0) is 50.3 Å². The summed E-state index contributed by atoms with van der Waals surface area (Å²) in [4.78, 5) is 13.7. The van der Waals surface area contributed by atoms with E-state index >= 15 is 0 Å². The second-order valence-corrected chi connectivity index (χ2v) is 11.1. The molecule has 2 unspecified atom stereocenters. The molecule has 3 aromatic heterocycles. The summed E-state index contributed by atoms with van der Waals surface area (Å²) in [5.74, 6) is 2.84. The third-order valence-corrected chi connectivity index (χ3v) is 8.71. The summed E-state index contributed by atoms with van der Waals surface area (Å²) in [7, 11) is 5.43. The molecule has 2 atom stereocenters. The molecule has 1 aromatic carbocycles. The first-order valence-electron chi connectivity index (χ1n) is 13.2. The predicted octanol–water partition coefficient (Wildman–Crippen LogP) is 4.93. The quantitative estimate of drug-likeness (QED) is 0.348. The van der Waals surface area contributed by atoms with Gasteiger partial charge in [0.25, 0.3) is 0 Å². The second-order valence-electron chi connectivity index (χ2n) is 10.7. The molecule has 0 saturated heterocycles. The highest BCUT2D eigenvalue weighted by Gasteiger charge is 2.40. The lowest BCUT2D eigenvalue weighted by Gasteiger charge is -2.30. The lowest BCUT2D eigenvalue weighted by atomic mass is 9.86. The Balaban J connectivity index is 1.63. The molecule has 0 bridgehead atoms. The number of hydrogen-bond acceptors (Lipinski definition) is 6. The van der Waals surface area contributed by atoms with Crippen molar-refractivity contribution < 1.29 is 9.84 Å². The van der Waals surface area contributed by atoms with Gasteiger partial charge in [0.05, 0.1) is 41.4 Å². The molecule has 38 heavy (non-hydrogen) atoms. The summed E-state index contributed by atoms with van der Waals surface area (Å²) < 4.78 is 9.47. The second kappa shape index (κ2) is 10.3. The van der Waals surface area contributed by atoms with E-state index in [4.69, 9.17) is 21.3 Å². The summed E-state index contributed by atoms with van der Waals surface area (Å²) in [6.07, 6.45) is 8.29. The van der Waals surface area contributed by atoms with Crippen LogP contribution in [0.15, 0.2) is 30.6 Å². The van der Waals surface area contributed by atoms with Gasteiger partial charge in [-0.2, -0.15) is 0 Å². The number of nitrogens with zero attached hydrogens (tertiary/aromatic N) is 5. The van der Waals surface area contributed by atoms with Gasteiger partial charge >= 0.3 is 0 Å². The molecular weight excluding hydrogens is 500 g/mol. The van der Waals surface area contributed by atoms with Gasteiger partial charge in [0, 0.05) is 37.6 Å². The summed E-state index contributed by atoms with van der Waals surface area (Å²) >= 11 is 7.08.